The van der Waals surface area contributed by atoms with E-state index >= 15 is 0 Å². The maximum atomic E-state index is 5.87. The van der Waals surface area contributed by atoms with Crippen LogP contribution in [0.4, 0.5) is 0 Å². The average molecular weight is 360 g/mol. The van der Waals surface area contributed by atoms with Gasteiger partial charge in [-0.25, -0.2) is 9.66 Å². The van der Waals surface area contributed by atoms with E-state index < -0.39 is 0 Å². The molecule has 7 nitrogen and oxygen atoms in total. The molecule has 0 atom stereocenters. The summed E-state index contributed by atoms with van der Waals surface area (Å²) in [6.07, 6.45) is 4.89. The fraction of sp³-hybridized carbons (Fsp3) is 0.235. The van der Waals surface area contributed by atoms with E-state index in [4.69, 9.17) is 21.1 Å². The van der Waals surface area contributed by atoms with Gasteiger partial charge in [0.15, 0.2) is 11.5 Å². The maximum Gasteiger partial charge on any atom is 0.161 e. The summed E-state index contributed by atoms with van der Waals surface area (Å²) in [6.45, 7) is 3.50. The molecule has 0 bridgehead atoms. The van der Waals surface area contributed by atoms with Gasteiger partial charge in [-0.2, -0.15) is 0 Å². The summed E-state index contributed by atoms with van der Waals surface area (Å²) in [7, 11) is 0. The fourth-order valence-electron chi connectivity index (χ4n) is 2.17. The average Bonchev–Trinajstić information content (AvgIpc) is 3.14. The van der Waals surface area contributed by atoms with Crippen molar-refractivity contribution in [2.75, 3.05) is 12.0 Å². The van der Waals surface area contributed by atoms with E-state index in [-0.39, 0.29) is 0 Å². The third-order valence-electron chi connectivity index (χ3n) is 3.38. The minimum atomic E-state index is 0.391. The number of ether oxygens (including phenoxy) is 2. The first-order chi connectivity index (χ1) is 12.2. The van der Waals surface area contributed by atoms with E-state index in [9.17, 15) is 0 Å². The number of halogens is 1. The minimum Gasteiger partial charge on any atom is -0.490 e. The van der Waals surface area contributed by atoms with Crippen LogP contribution in [0.15, 0.2) is 49.2 Å². The first-order valence-electron chi connectivity index (χ1n) is 7.82. The maximum absolute atomic E-state index is 5.87. The Bertz CT molecular complexity index is 793. The Morgan fingerprint density at radius 3 is 2.56 bits per heavy atom. The Morgan fingerprint density at radius 2 is 1.84 bits per heavy atom. The quantitative estimate of drug-likeness (QED) is 0.623. The van der Waals surface area contributed by atoms with Crippen LogP contribution >= 0.6 is 11.6 Å². The molecule has 2 aromatic heterocycles. The van der Waals surface area contributed by atoms with Crippen molar-refractivity contribution < 1.29 is 9.47 Å². The summed E-state index contributed by atoms with van der Waals surface area (Å²) in [5.74, 6) is 1.39. The second-order valence-electron chi connectivity index (χ2n) is 5.20. The molecule has 3 rings (SSSR count). The lowest BCUT2D eigenvalue weighted by molar-refractivity contribution is 0.269. The van der Waals surface area contributed by atoms with E-state index in [2.05, 4.69) is 20.6 Å². The van der Waals surface area contributed by atoms with E-state index in [0.717, 1.165) is 11.1 Å². The van der Waals surface area contributed by atoms with Crippen molar-refractivity contribution in [1.82, 2.24) is 19.9 Å². The van der Waals surface area contributed by atoms with Crippen LogP contribution in [0.25, 0.3) is 0 Å². The summed E-state index contributed by atoms with van der Waals surface area (Å²) < 4.78 is 13.3. The van der Waals surface area contributed by atoms with E-state index in [1.54, 1.807) is 29.6 Å². The minimum absolute atomic E-state index is 0.391. The zero-order valence-corrected chi connectivity index (χ0v) is 14.5. The summed E-state index contributed by atoms with van der Waals surface area (Å²) in [4.78, 5) is 4.05. The van der Waals surface area contributed by atoms with Gasteiger partial charge < -0.3 is 14.9 Å². The standard InChI is InChI=1S/C17H18ClN5O2/c1-2-24-16-7-13(9-22-23-11-20-21-12-23)3-5-15(16)25-10-14-4-6-17(18)19-8-14/h3-8,11-12,22H,2,9-10H2,1H3. The molecule has 0 radical (unpaired) electrons. The lowest BCUT2D eigenvalue weighted by atomic mass is 10.2. The van der Waals surface area contributed by atoms with E-state index in [0.29, 0.717) is 36.4 Å². The molecule has 0 saturated carbocycles. The van der Waals surface area contributed by atoms with Crippen LogP contribution in [0.2, 0.25) is 5.15 Å². The number of rotatable bonds is 8. The Kier molecular flexibility index (Phi) is 5.69. The molecule has 2 heterocycles. The lowest BCUT2D eigenvalue weighted by Gasteiger charge is -2.14. The van der Waals surface area contributed by atoms with Crippen molar-refractivity contribution in [3.8, 4) is 11.5 Å². The first kappa shape index (κ1) is 17.0. The van der Waals surface area contributed by atoms with Crippen molar-refractivity contribution in [2.45, 2.75) is 20.1 Å². The molecule has 0 aliphatic heterocycles. The third kappa shape index (κ3) is 4.84. The Labute approximate surface area is 150 Å². The molecule has 0 spiro atoms. The molecule has 0 unspecified atom stereocenters. The number of benzene rings is 1. The predicted molar refractivity (Wildman–Crippen MR) is 94.3 cm³/mol. The van der Waals surface area contributed by atoms with Gasteiger partial charge in [0.05, 0.1) is 13.2 Å². The van der Waals surface area contributed by atoms with Crippen LogP contribution in [0.1, 0.15) is 18.1 Å². The molecule has 1 N–H and O–H groups in total. The Hall–Kier alpha value is -2.80. The van der Waals surface area contributed by atoms with Gasteiger partial charge in [0, 0.05) is 11.8 Å². The van der Waals surface area contributed by atoms with Crippen molar-refractivity contribution in [3.05, 3.63) is 65.5 Å². The normalized spacial score (nSPS) is 10.5. The highest BCUT2D eigenvalue weighted by Gasteiger charge is 2.07. The third-order valence-corrected chi connectivity index (χ3v) is 3.60. The summed E-state index contributed by atoms with van der Waals surface area (Å²) in [5, 5.41) is 7.95. The molecule has 0 aliphatic rings. The molecule has 0 aliphatic carbocycles. The monoisotopic (exact) mass is 359 g/mol. The van der Waals surface area contributed by atoms with Gasteiger partial charge >= 0.3 is 0 Å². The topological polar surface area (TPSA) is 74.1 Å². The van der Waals surface area contributed by atoms with Gasteiger partial charge in [0.2, 0.25) is 0 Å². The molecule has 3 aromatic rings. The number of aromatic nitrogens is 4. The summed E-state index contributed by atoms with van der Waals surface area (Å²) in [6, 6.07) is 9.46. The molecule has 0 amide bonds. The van der Waals surface area contributed by atoms with Crippen LogP contribution in [0.5, 0.6) is 11.5 Å². The van der Waals surface area contributed by atoms with Crippen LogP contribution in [0, 0.1) is 0 Å². The van der Waals surface area contributed by atoms with Gasteiger partial charge in [-0.15, -0.1) is 10.2 Å². The van der Waals surface area contributed by atoms with Gasteiger partial charge in [-0.05, 0) is 30.7 Å². The molecule has 1 aromatic carbocycles. The van der Waals surface area contributed by atoms with Gasteiger partial charge in [-0.1, -0.05) is 23.7 Å². The number of pyridine rings is 1. The molecule has 25 heavy (non-hydrogen) atoms. The van der Waals surface area contributed by atoms with Gasteiger partial charge in [0.25, 0.3) is 0 Å². The highest BCUT2D eigenvalue weighted by atomic mass is 35.5. The molecule has 0 saturated heterocycles. The smallest absolute Gasteiger partial charge is 0.161 e. The van der Waals surface area contributed by atoms with E-state index in [1.807, 2.05) is 31.2 Å². The SMILES string of the molecule is CCOc1cc(CNn2cnnc2)ccc1OCc1ccc(Cl)nc1. The van der Waals surface area contributed by atoms with Crippen LogP contribution < -0.4 is 14.9 Å². The molecule has 8 heteroatoms. The van der Waals surface area contributed by atoms with E-state index in [1.165, 1.54) is 0 Å². The largest absolute Gasteiger partial charge is 0.490 e. The van der Waals surface area contributed by atoms with Crippen molar-refractivity contribution in [1.29, 1.82) is 0 Å². The number of nitrogens with zero attached hydrogens (tertiary/aromatic N) is 4. The van der Waals surface area contributed by atoms with Crippen molar-refractivity contribution >= 4 is 11.6 Å². The van der Waals surface area contributed by atoms with Crippen LogP contribution in [-0.2, 0) is 13.2 Å². The van der Waals surface area contributed by atoms with Crippen LogP contribution in [-0.4, -0.2) is 26.5 Å². The first-order valence-corrected chi connectivity index (χ1v) is 8.20. The number of nitrogens with one attached hydrogen (secondary N) is 1. The number of hydrogen-bond donors (Lipinski definition) is 1. The Morgan fingerprint density at radius 1 is 1.04 bits per heavy atom. The number of hydrogen-bond acceptors (Lipinski definition) is 6. The zero-order chi connectivity index (χ0) is 17.5. The summed E-state index contributed by atoms with van der Waals surface area (Å²) in [5.41, 5.74) is 5.16. The fourth-order valence-corrected chi connectivity index (χ4v) is 2.28. The molecular weight excluding hydrogens is 342 g/mol. The van der Waals surface area contributed by atoms with Crippen LogP contribution in [0.3, 0.4) is 0 Å². The molecular formula is C17H18ClN5O2. The second-order valence-corrected chi connectivity index (χ2v) is 5.58. The second kappa shape index (κ2) is 8.34. The Balaban J connectivity index is 1.66. The van der Waals surface area contributed by atoms with Gasteiger partial charge in [-0.3, -0.25) is 0 Å². The molecule has 130 valence electrons. The summed E-state index contributed by atoms with van der Waals surface area (Å²) >= 11 is 5.79. The lowest BCUT2D eigenvalue weighted by Crippen LogP contribution is -2.12. The van der Waals surface area contributed by atoms with Crippen molar-refractivity contribution in [3.63, 3.8) is 0 Å². The van der Waals surface area contributed by atoms with Crippen molar-refractivity contribution in [2.24, 2.45) is 0 Å². The highest BCUT2D eigenvalue weighted by Crippen LogP contribution is 2.29. The van der Waals surface area contributed by atoms with Gasteiger partial charge in [0.1, 0.15) is 24.4 Å². The zero-order valence-electron chi connectivity index (χ0n) is 13.7. The molecule has 0 fully saturated rings. The highest BCUT2D eigenvalue weighted by molar-refractivity contribution is 6.29. The predicted octanol–water partition coefficient (Wildman–Crippen LogP) is 3.05.